The molecule has 3 aromatic carbocycles. The van der Waals surface area contributed by atoms with Crippen LogP contribution in [0.25, 0.3) is 0 Å². The molecule has 2 heterocycles. The molecule has 2 N–H and O–H groups in total. The zero-order chi connectivity index (χ0) is 34.5. The number of aryl methyl sites for hydroxylation is 1. The van der Waals surface area contributed by atoms with E-state index in [0.717, 1.165) is 6.04 Å². The molecule has 0 aromatic heterocycles. The van der Waals surface area contributed by atoms with Gasteiger partial charge in [0.05, 0.1) is 11.7 Å². The van der Waals surface area contributed by atoms with E-state index in [4.69, 9.17) is 32.7 Å². The summed E-state index contributed by atoms with van der Waals surface area (Å²) in [6, 6.07) is 14.0. The number of rotatable bonds is 10. The van der Waals surface area contributed by atoms with Gasteiger partial charge in [-0.05, 0) is 86.0 Å². The first-order chi connectivity index (χ1) is 22.0. The summed E-state index contributed by atoms with van der Waals surface area (Å²) in [4.78, 5) is 42.6. The highest BCUT2D eigenvalue weighted by Crippen LogP contribution is 2.60. The smallest absolute Gasteiger partial charge is 0.347 e. The van der Waals surface area contributed by atoms with Crippen LogP contribution >= 0.6 is 23.2 Å². The molecule has 1 saturated heterocycles. The maximum atomic E-state index is 15.3. The number of halogens is 3. The Morgan fingerprint density at radius 2 is 1.74 bits per heavy atom. The summed E-state index contributed by atoms with van der Waals surface area (Å²) in [6.45, 7) is 11.7. The summed E-state index contributed by atoms with van der Waals surface area (Å²) >= 11 is 13.1. The summed E-state index contributed by atoms with van der Waals surface area (Å²) in [5, 5.41) is 13.6. The Morgan fingerprint density at radius 1 is 1.06 bits per heavy atom. The molecule has 2 aliphatic rings. The number of aliphatic carboxylic acids is 1. The molecule has 12 heteroatoms. The number of ether oxygens (including phenoxy) is 2. The standard InChI is InChI=1S/C35H39Cl2FN2O6Si/c1-20-7-10-23(38)17-24(20)31-35(26-11-8-22(37)16-28(26)40(32(35)42)19-45-13-14-47(4,5)6)27(18-30(41)39-31)25-15-21(36)9-12-29(25)46-34(2,3)33(43)44/h7-12,15-17,27,31H,13-14,18-19H2,1-6H3,(H,39,41)(H,43,44)/t27-,31+,35-/m1/s1. The van der Waals surface area contributed by atoms with Crippen molar-refractivity contribution in [2.45, 2.75) is 75.9 Å². The Morgan fingerprint density at radius 3 is 2.43 bits per heavy atom. The van der Waals surface area contributed by atoms with Crippen molar-refractivity contribution in [3.8, 4) is 5.75 Å². The number of carboxylic acid groups (broad SMARTS) is 1. The number of hydrogen-bond acceptors (Lipinski definition) is 5. The van der Waals surface area contributed by atoms with Gasteiger partial charge in [0, 0.05) is 42.6 Å². The molecule has 0 saturated carbocycles. The lowest BCUT2D eigenvalue weighted by atomic mass is 9.58. The molecular weight excluding hydrogens is 662 g/mol. The Bertz CT molecular complexity index is 1750. The molecule has 250 valence electrons. The lowest BCUT2D eigenvalue weighted by Gasteiger charge is -2.47. The third-order valence-electron chi connectivity index (χ3n) is 8.99. The second-order valence-corrected chi connectivity index (χ2v) is 20.5. The topological polar surface area (TPSA) is 105 Å². The van der Waals surface area contributed by atoms with Gasteiger partial charge in [-0.25, -0.2) is 9.18 Å². The van der Waals surface area contributed by atoms with Crippen molar-refractivity contribution in [2.75, 3.05) is 18.2 Å². The molecule has 1 spiro atoms. The van der Waals surface area contributed by atoms with E-state index in [1.54, 1.807) is 49.4 Å². The quantitative estimate of drug-likeness (QED) is 0.167. The van der Waals surface area contributed by atoms with E-state index in [1.807, 2.05) is 0 Å². The Hall–Kier alpha value is -3.44. The predicted octanol–water partition coefficient (Wildman–Crippen LogP) is 7.62. The van der Waals surface area contributed by atoms with E-state index in [2.05, 4.69) is 25.0 Å². The van der Waals surface area contributed by atoms with Gasteiger partial charge >= 0.3 is 5.97 Å². The van der Waals surface area contributed by atoms with Gasteiger partial charge in [-0.3, -0.25) is 14.5 Å². The molecule has 0 aliphatic carbocycles. The van der Waals surface area contributed by atoms with E-state index in [0.29, 0.717) is 44.6 Å². The van der Waals surface area contributed by atoms with Gasteiger partial charge in [-0.2, -0.15) is 0 Å². The van der Waals surface area contributed by atoms with Crippen molar-refractivity contribution in [3.05, 3.63) is 92.7 Å². The van der Waals surface area contributed by atoms with E-state index in [9.17, 15) is 19.1 Å². The maximum Gasteiger partial charge on any atom is 0.347 e. The van der Waals surface area contributed by atoms with Crippen molar-refractivity contribution in [1.82, 2.24) is 5.32 Å². The van der Waals surface area contributed by atoms with E-state index < -0.39 is 42.8 Å². The molecule has 8 nitrogen and oxygen atoms in total. The second kappa shape index (κ2) is 12.9. The highest BCUT2D eigenvalue weighted by molar-refractivity contribution is 6.76. The molecule has 3 atom stereocenters. The number of carbonyl (C=O) groups excluding carboxylic acids is 2. The first kappa shape index (κ1) is 34.9. The summed E-state index contributed by atoms with van der Waals surface area (Å²) in [6.07, 6.45) is -0.173. The molecule has 0 radical (unpaired) electrons. The molecular formula is C35H39Cl2FN2O6Si. The average molecular weight is 702 g/mol. The second-order valence-electron chi connectivity index (χ2n) is 14.0. The number of nitrogens with zero attached hydrogens (tertiary/aromatic N) is 1. The van der Waals surface area contributed by atoms with Crippen molar-refractivity contribution < 1.29 is 33.4 Å². The Balaban J connectivity index is 1.78. The summed E-state index contributed by atoms with van der Waals surface area (Å²) < 4.78 is 27.2. The van der Waals surface area contributed by atoms with Gasteiger partial charge in [0.2, 0.25) is 11.8 Å². The van der Waals surface area contributed by atoms with Crippen LogP contribution in [0.15, 0.2) is 54.6 Å². The lowest BCUT2D eigenvalue weighted by molar-refractivity contribution is -0.152. The van der Waals surface area contributed by atoms with Gasteiger partial charge < -0.3 is 19.9 Å². The highest BCUT2D eigenvalue weighted by atomic mass is 35.5. The number of carboxylic acids is 1. The molecule has 47 heavy (non-hydrogen) atoms. The fourth-order valence-corrected chi connectivity index (χ4v) is 7.59. The monoisotopic (exact) mass is 700 g/mol. The average Bonchev–Trinajstić information content (AvgIpc) is 3.20. The molecule has 3 aromatic rings. The van der Waals surface area contributed by atoms with Crippen molar-refractivity contribution in [1.29, 1.82) is 0 Å². The van der Waals surface area contributed by atoms with Crippen LogP contribution in [0, 0.1) is 12.7 Å². The van der Waals surface area contributed by atoms with E-state index >= 15 is 4.79 Å². The van der Waals surface area contributed by atoms with Gasteiger partial charge in [0.15, 0.2) is 5.60 Å². The van der Waals surface area contributed by atoms with Gasteiger partial charge in [0.1, 0.15) is 23.7 Å². The first-order valence-electron chi connectivity index (χ1n) is 15.4. The maximum absolute atomic E-state index is 15.3. The molecule has 1 fully saturated rings. The number of benzene rings is 3. The number of hydrogen-bond donors (Lipinski definition) is 2. The van der Waals surface area contributed by atoms with Crippen LogP contribution in [0.2, 0.25) is 35.7 Å². The summed E-state index contributed by atoms with van der Waals surface area (Å²) in [5.41, 5.74) is -0.698. The number of anilines is 1. The van der Waals surface area contributed by atoms with Crippen LogP contribution < -0.4 is 15.0 Å². The zero-order valence-corrected chi connectivity index (χ0v) is 29.8. The third-order valence-corrected chi connectivity index (χ3v) is 11.2. The van der Waals surface area contributed by atoms with Gasteiger partial charge in [-0.15, -0.1) is 0 Å². The largest absolute Gasteiger partial charge is 0.478 e. The minimum Gasteiger partial charge on any atom is -0.478 e. The number of carbonyl (C=O) groups is 3. The molecule has 0 bridgehead atoms. The van der Waals surface area contributed by atoms with Crippen LogP contribution in [-0.2, 0) is 24.5 Å². The normalized spacial score (nSPS) is 21.2. The Kier molecular flexibility index (Phi) is 9.55. The molecule has 2 aliphatic heterocycles. The molecule has 2 amide bonds. The van der Waals surface area contributed by atoms with Crippen LogP contribution in [0.5, 0.6) is 5.75 Å². The minimum absolute atomic E-state index is 0.0706. The minimum atomic E-state index is -1.66. The summed E-state index contributed by atoms with van der Waals surface area (Å²) in [5.74, 6) is -3.28. The first-order valence-corrected chi connectivity index (χ1v) is 19.9. The van der Waals surface area contributed by atoms with Crippen molar-refractivity contribution in [2.24, 2.45) is 0 Å². The van der Waals surface area contributed by atoms with Crippen LogP contribution in [0.4, 0.5) is 10.1 Å². The lowest BCUT2D eigenvalue weighted by Crippen LogP contribution is -2.58. The third kappa shape index (κ3) is 6.66. The number of nitrogens with one attached hydrogen (secondary N) is 1. The number of piperidine rings is 1. The number of amides is 2. The SMILES string of the molecule is Cc1ccc(F)cc1[C@@H]1NC(=O)C[C@H](c2cc(Cl)ccc2OC(C)(C)C(=O)O)[C@@]12C(=O)N(COCC[Si](C)(C)C)c1cc(Cl)ccc12. The van der Waals surface area contributed by atoms with Crippen LogP contribution in [-0.4, -0.2) is 49.9 Å². The predicted molar refractivity (Wildman–Crippen MR) is 183 cm³/mol. The van der Waals surface area contributed by atoms with E-state index in [1.165, 1.54) is 30.9 Å². The number of fused-ring (bicyclic) bond motifs is 2. The van der Waals surface area contributed by atoms with Crippen LogP contribution in [0.1, 0.15) is 54.5 Å². The van der Waals surface area contributed by atoms with Crippen molar-refractivity contribution in [3.63, 3.8) is 0 Å². The molecule has 0 unspecified atom stereocenters. The van der Waals surface area contributed by atoms with Crippen molar-refractivity contribution >= 4 is 54.7 Å². The van der Waals surface area contributed by atoms with Gasteiger partial charge in [-0.1, -0.05) is 55.0 Å². The molecule has 5 rings (SSSR count). The Labute approximate surface area is 285 Å². The van der Waals surface area contributed by atoms with E-state index in [-0.39, 0.29) is 30.7 Å². The fourth-order valence-electron chi connectivity index (χ4n) is 6.49. The highest BCUT2D eigenvalue weighted by Gasteiger charge is 2.64. The fraction of sp³-hybridized carbons (Fsp3) is 0.400. The van der Waals surface area contributed by atoms with Crippen LogP contribution in [0.3, 0.4) is 0 Å². The summed E-state index contributed by atoms with van der Waals surface area (Å²) in [7, 11) is -1.44. The zero-order valence-electron chi connectivity index (χ0n) is 27.2. The van der Waals surface area contributed by atoms with Gasteiger partial charge in [0.25, 0.3) is 0 Å².